The molecule has 0 amide bonds. The van der Waals surface area contributed by atoms with Gasteiger partial charge < -0.3 is 0 Å². The van der Waals surface area contributed by atoms with Gasteiger partial charge >= 0.3 is 0 Å². The quantitative estimate of drug-likeness (QED) is 0.665. The van der Waals surface area contributed by atoms with Gasteiger partial charge in [0.05, 0.1) is 16.4 Å². The third-order valence-electron chi connectivity index (χ3n) is 2.93. The number of halogens is 2. The second-order valence-corrected chi connectivity index (χ2v) is 5.97. The lowest BCUT2D eigenvalue weighted by atomic mass is 10.3. The van der Waals surface area contributed by atoms with Crippen LogP contribution >= 0.6 is 27.5 Å². The zero-order valence-corrected chi connectivity index (χ0v) is 12.9. The molecule has 0 saturated heterocycles. The standard InChI is InChI=1S/C13H12BrClN4/c1-8(15)13-16-10-4-3-9(14)7-11(10)19(13)12-5-6-18(2)17-12/h3-8H,1-2H3. The molecule has 1 atom stereocenters. The molecule has 4 nitrogen and oxygen atoms in total. The topological polar surface area (TPSA) is 35.6 Å². The van der Waals surface area contributed by atoms with Gasteiger partial charge in [-0.25, -0.2) is 4.98 Å². The first-order valence-corrected chi connectivity index (χ1v) is 7.11. The average molecular weight is 340 g/mol. The minimum atomic E-state index is -0.187. The van der Waals surface area contributed by atoms with E-state index in [0.29, 0.717) is 0 Å². The van der Waals surface area contributed by atoms with Crippen molar-refractivity contribution < 1.29 is 0 Å². The van der Waals surface area contributed by atoms with Crippen molar-refractivity contribution in [2.75, 3.05) is 0 Å². The van der Waals surface area contributed by atoms with E-state index in [4.69, 9.17) is 11.6 Å². The molecule has 0 bridgehead atoms. The number of alkyl halides is 1. The van der Waals surface area contributed by atoms with Gasteiger partial charge in [0.1, 0.15) is 5.82 Å². The van der Waals surface area contributed by atoms with Crippen LogP contribution in [0.25, 0.3) is 16.9 Å². The smallest absolute Gasteiger partial charge is 0.160 e. The van der Waals surface area contributed by atoms with Crippen LogP contribution in [0.4, 0.5) is 0 Å². The van der Waals surface area contributed by atoms with Gasteiger partial charge in [0.2, 0.25) is 0 Å². The Balaban J connectivity index is 2.35. The Morgan fingerprint density at radius 3 is 2.74 bits per heavy atom. The number of hydrogen-bond acceptors (Lipinski definition) is 2. The summed E-state index contributed by atoms with van der Waals surface area (Å²) >= 11 is 9.74. The first kappa shape index (κ1) is 12.7. The predicted octanol–water partition coefficient (Wildman–Crippen LogP) is 3.82. The summed E-state index contributed by atoms with van der Waals surface area (Å²) in [5, 5.41) is 4.25. The number of aromatic nitrogens is 4. The predicted molar refractivity (Wildman–Crippen MR) is 79.8 cm³/mol. The van der Waals surface area contributed by atoms with E-state index in [1.54, 1.807) is 4.68 Å². The second-order valence-electron chi connectivity index (χ2n) is 4.40. The van der Waals surface area contributed by atoms with E-state index in [-0.39, 0.29) is 5.38 Å². The minimum absolute atomic E-state index is 0.187. The molecule has 2 heterocycles. The van der Waals surface area contributed by atoms with E-state index in [0.717, 1.165) is 27.1 Å². The van der Waals surface area contributed by atoms with Crippen molar-refractivity contribution in [2.45, 2.75) is 12.3 Å². The van der Waals surface area contributed by atoms with Crippen LogP contribution in [0.2, 0.25) is 0 Å². The Kier molecular flexibility index (Phi) is 3.11. The van der Waals surface area contributed by atoms with Crippen LogP contribution in [0, 0.1) is 0 Å². The lowest BCUT2D eigenvalue weighted by Gasteiger charge is -2.07. The van der Waals surface area contributed by atoms with Crippen molar-refractivity contribution in [1.29, 1.82) is 0 Å². The highest BCUT2D eigenvalue weighted by molar-refractivity contribution is 9.10. The maximum atomic E-state index is 6.25. The van der Waals surface area contributed by atoms with Gasteiger partial charge in [0.15, 0.2) is 5.82 Å². The summed E-state index contributed by atoms with van der Waals surface area (Å²) in [6.07, 6.45) is 1.90. The largest absolute Gasteiger partial charge is 0.278 e. The van der Waals surface area contributed by atoms with Gasteiger partial charge in [0.25, 0.3) is 0 Å². The van der Waals surface area contributed by atoms with Gasteiger partial charge in [-0.15, -0.1) is 11.6 Å². The molecular weight excluding hydrogens is 328 g/mol. The zero-order valence-electron chi connectivity index (χ0n) is 10.5. The number of nitrogens with zero attached hydrogens (tertiary/aromatic N) is 4. The van der Waals surface area contributed by atoms with E-state index in [1.165, 1.54) is 0 Å². The fourth-order valence-corrected chi connectivity index (χ4v) is 2.59. The van der Waals surface area contributed by atoms with Crippen LogP contribution < -0.4 is 0 Å². The molecular formula is C13H12BrClN4. The third kappa shape index (κ3) is 2.17. The molecule has 98 valence electrons. The minimum Gasteiger partial charge on any atom is -0.278 e. The van der Waals surface area contributed by atoms with Gasteiger partial charge in [0, 0.05) is 23.8 Å². The molecule has 0 radical (unpaired) electrons. The number of imidazole rings is 1. The molecule has 2 aromatic heterocycles. The zero-order chi connectivity index (χ0) is 13.6. The molecule has 1 aromatic carbocycles. The Morgan fingerprint density at radius 2 is 2.11 bits per heavy atom. The molecule has 6 heteroatoms. The van der Waals surface area contributed by atoms with Crippen molar-refractivity contribution in [3.05, 3.63) is 40.8 Å². The van der Waals surface area contributed by atoms with Gasteiger partial charge in [-0.1, -0.05) is 15.9 Å². The normalized spacial score (nSPS) is 13.1. The molecule has 0 aliphatic rings. The van der Waals surface area contributed by atoms with Gasteiger partial charge in [-0.2, -0.15) is 5.10 Å². The summed E-state index contributed by atoms with van der Waals surface area (Å²) < 4.78 is 4.77. The number of benzene rings is 1. The van der Waals surface area contributed by atoms with Crippen molar-refractivity contribution >= 4 is 38.6 Å². The Labute approximate surface area is 124 Å². The summed E-state index contributed by atoms with van der Waals surface area (Å²) in [4.78, 5) is 4.60. The third-order valence-corrected chi connectivity index (χ3v) is 3.62. The van der Waals surface area contributed by atoms with Crippen LogP contribution in [0.5, 0.6) is 0 Å². The highest BCUT2D eigenvalue weighted by Crippen LogP contribution is 2.29. The summed E-state index contributed by atoms with van der Waals surface area (Å²) in [6, 6.07) is 7.92. The summed E-state index contributed by atoms with van der Waals surface area (Å²) in [5.41, 5.74) is 1.91. The highest BCUT2D eigenvalue weighted by atomic mass is 79.9. The van der Waals surface area contributed by atoms with E-state index in [1.807, 2.05) is 49.0 Å². The van der Waals surface area contributed by atoms with E-state index >= 15 is 0 Å². The van der Waals surface area contributed by atoms with Crippen molar-refractivity contribution in [3.63, 3.8) is 0 Å². The molecule has 1 unspecified atom stereocenters. The molecule has 0 aliphatic carbocycles. The summed E-state index contributed by atoms with van der Waals surface area (Å²) in [6.45, 7) is 1.91. The van der Waals surface area contributed by atoms with Gasteiger partial charge in [-0.3, -0.25) is 9.25 Å². The molecule has 0 N–H and O–H groups in total. The van der Waals surface area contributed by atoms with E-state index in [9.17, 15) is 0 Å². The summed E-state index contributed by atoms with van der Waals surface area (Å²) in [7, 11) is 1.89. The highest BCUT2D eigenvalue weighted by Gasteiger charge is 2.17. The fourth-order valence-electron chi connectivity index (χ4n) is 2.10. The first-order chi connectivity index (χ1) is 9.06. The van der Waals surface area contributed by atoms with Crippen LogP contribution in [0.3, 0.4) is 0 Å². The van der Waals surface area contributed by atoms with Crippen LogP contribution in [-0.2, 0) is 7.05 Å². The average Bonchev–Trinajstić information content (AvgIpc) is 2.92. The Morgan fingerprint density at radius 1 is 1.32 bits per heavy atom. The van der Waals surface area contributed by atoms with Crippen molar-refractivity contribution in [3.8, 4) is 5.82 Å². The number of fused-ring (bicyclic) bond motifs is 1. The van der Waals surface area contributed by atoms with Crippen molar-refractivity contribution in [2.24, 2.45) is 7.05 Å². The monoisotopic (exact) mass is 338 g/mol. The molecule has 0 fully saturated rings. The number of rotatable bonds is 2. The molecule has 19 heavy (non-hydrogen) atoms. The van der Waals surface area contributed by atoms with Crippen LogP contribution in [0.15, 0.2) is 34.9 Å². The maximum absolute atomic E-state index is 6.25. The van der Waals surface area contributed by atoms with E-state index in [2.05, 4.69) is 26.0 Å². The summed E-state index contributed by atoms with van der Waals surface area (Å²) in [5.74, 6) is 1.62. The maximum Gasteiger partial charge on any atom is 0.160 e. The fraction of sp³-hybridized carbons (Fsp3) is 0.231. The van der Waals surface area contributed by atoms with Crippen LogP contribution in [-0.4, -0.2) is 19.3 Å². The van der Waals surface area contributed by atoms with Gasteiger partial charge in [-0.05, 0) is 25.1 Å². The molecule has 0 saturated carbocycles. The number of aryl methyl sites for hydroxylation is 1. The van der Waals surface area contributed by atoms with Crippen LogP contribution in [0.1, 0.15) is 18.1 Å². The SMILES string of the molecule is CC(Cl)c1nc2ccc(Br)cc2n1-c1ccn(C)n1. The molecule has 3 aromatic rings. The Hall–Kier alpha value is -1.33. The molecule has 0 spiro atoms. The Bertz CT molecular complexity index is 744. The lowest BCUT2D eigenvalue weighted by Crippen LogP contribution is -2.03. The lowest BCUT2D eigenvalue weighted by molar-refractivity contribution is 0.744. The number of hydrogen-bond donors (Lipinski definition) is 0. The first-order valence-electron chi connectivity index (χ1n) is 5.88. The van der Waals surface area contributed by atoms with Crippen molar-refractivity contribution in [1.82, 2.24) is 19.3 Å². The second kappa shape index (κ2) is 4.65. The molecule has 0 aliphatic heterocycles. The molecule has 3 rings (SSSR count). The van der Waals surface area contributed by atoms with E-state index < -0.39 is 0 Å².